The van der Waals surface area contributed by atoms with E-state index in [2.05, 4.69) is 5.32 Å². The van der Waals surface area contributed by atoms with Gasteiger partial charge in [0, 0.05) is 6.42 Å². The second-order valence-electron chi connectivity index (χ2n) is 5.62. The van der Waals surface area contributed by atoms with Crippen molar-refractivity contribution in [2.75, 3.05) is 6.61 Å². The fourth-order valence-corrected chi connectivity index (χ4v) is 2.07. The Morgan fingerprint density at radius 1 is 1.20 bits per heavy atom. The molecule has 0 radical (unpaired) electrons. The standard InChI is InChI=1S/C15H21NO4/c1-15(2,9-14(19)20)8-13(18)16-12(10-17)11-6-4-3-5-7-11/h3-7,12,17H,8-10H2,1-2H3,(H,16,18)(H,19,20). The van der Waals surface area contributed by atoms with Gasteiger partial charge in [0.25, 0.3) is 0 Å². The number of carbonyl (C=O) groups excluding carboxylic acids is 1. The molecule has 5 nitrogen and oxygen atoms in total. The Hall–Kier alpha value is -1.88. The third-order valence-electron chi connectivity index (χ3n) is 2.99. The van der Waals surface area contributed by atoms with Crippen molar-refractivity contribution in [3.05, 3.63) is 35.9 Å². The fraction of sp³-hybridized carbons (Fsp3) is 0.467. The highest BCUT2D eigenvalue weighted by molar-refractivity contribution is 5.78. The monoisotopic (exact) mass is 279 g/mol. The summed E-state index contributed by atoms with van der Waals surface area (Å²) in [5.41, 5.74) is 0.200. The van der Waals surface area contributed by atoms with Gasteiger partial charge < -0.3 is 15.5 Å². The molecule has 1 aromatic rings. The van der Waals surface area contributed by atoms with Gasteiger partial charge in [-0.05, 0) is 11.0 Å². The van der Waals surface area contributed by atoms with E-state index in [1.54, 1.807) is 13.8 Å². The number of carboxylic acid groups (broad SMARTS) is 1. The van der Waals surface area contributed by atoms with Crippen LogP contribution in [-0.4, -0.2) is 28.7 Å². The van der Waals surface area contributed by atoms with Crippen LogP contribution in [-0.2, 0) is 9.59 Å². The smallest absolute Gasteiger partial charge is 0.303 e. The van der Waals surface area contributed by atoms with Gasteiger partial charge in [0.1, 0.15) is 0 Å². The van der Waals surface area contributed by atoms with Gasteiger partial charge >= 0.3 is 5.97 Å². The van der Waals surface area contributed by atoms with Crippen molar-refractivity contribution in [1.82, 2.24) is 5.32 Å². The molecule has 0 aliphatic carbocycles. The van der Waals surface area contributed by atoms with Gasteiger partial charge in [-0.3, -0.25) is 9.59 Å². The third kappa shape index (κ3) is 5.40. The maximum Gasteiger partial charge on any atom is 0.303 e. The first-order valence-corrected chi connectivity index (χ1v) is 6.51. The van der Waals surface area contributed by atoms with Crippen molar-refractivity contribution < 1.29 is 19.8 Å². The number of carbonyl (C=O) groups is 2. The van der Waals surface area contributed by atoms with E-state index in [1.807, 2.05) is 30.3 Å². The predicted molar refractivity (Wildman–Crippen MR) is 75.1 cm³/mol. The van der Waals surface area contributed by atoms with Crippen LogP contribution in [0.3, 0.4) is 0 Å². The number of aliphatic hydroxyl groups excluding tert-OH is 1. The van der Waals surface area contributed by atoms with Crippen LogP contribution < -0.4 is 5.32 Å². The number of amides is 1. The Morgan fingerprint density at radius 2 is 1.80 bits per heavy atom. The fourth-order valence-electron chi connectivity index (χ4n) is 2.07. The summed E-state index contributed by atoms with van der Waals surface area (Å²) < 4.78 is 0. The summed E-state index contributed by atoms with van der Waals surface area (Å²) in [7, 11) is 0. The van der Waals surface area contributed by atoms with E-state index in [9.17, 15) is 14.7 Å². The molecule has 1 atom stereocenters. The van der Waals surface area contributed by atoms with Crippen molar-refractivity contribution in [3.63, 3.8) is 0 Å². The van der Waals surface area contributed by atoms with E-state index in [0.717, 1.165) is 5.56 Å². The van der Waals surface area contributed by atoms with E-state index in [0.29, 0.717) is 0 Å². The van der Waals surface area contributed by atoms with Crippen LogP contribution in [0.25, 0.3) is 0 Å². The van der Waals surface area contributed by atoms with E-state index >= 15 is 0 Å². The molecular weight excluding hydrogens is 258 g/mol. The number of benzene rings is 1. The van der Waals surface area contributed by atoms with E-state index in [4.69, 9.17) is 5.11 Å². The zero-order chi connectivity index (χ0) is 15.2. The molecule has 0 aliphatic rings. The van der Waals surface area contributed by atoms with Gasteiger partial charge in [-0.25, -0.2) is 0 Å². The number of rotatable bonds is 7. The molecule has 0 bridgehead atoms. The number of carboxylic acids is 1. The van der Waals surface area contributed by atoms with Gasteiger partial charge in [0.15, 0.2) is 0 Å². The molecular formula is C15H21NO4. The van der Waals surface area contributed by atoms with Crippen LogP contribution in [0.4, 0.5) is 0 Å². The van der Waals surface area contributed by atoms with E-state index < -0.39 is 17.4 Å². The molecule has 1 rings (SSSR count). The number of aliphatic carboxylic acids is 1. The number of hydrogen-bond donors (Lipinski definition) is 3. The van der Waals surface area contributed by atoms with Gasteiger partial charge in [0.05, 0.1) is 19.1 Å². The van der Waals surface area contributed by atoms with Crippen LogP contribution in [0.2, 0.25) is 0 Å². The Labute approximate surface area is 118 Å². The maximum atomic E-state index is 12.0. The normalized spacial score (nSPS) is 12.8. The van der Waals surface area contributed by atoms with E-state index in [-0.39, 0.29) is 25.4 Å². The summed E-state index contributed by atoms with van der Waals surface area (Å²) in [6.07, 6.45) is 0.0260. The second-order valence-corrected chi connectivity index (χ2v) is 5.62. The molecule has 0 heterocycles. The van der Waals surface area contributed by atoms with Gasteiger partial charge in [-0.1, -0.05) is 44.2 Å². The molecule has 0 fully saturated rings. The molecule has 0 aliphatic heterocycles. The highest BCUT2D eigenvalue weighted by Gasteiger charge is 2.26. The lowest BCUT2D eigenvalue weighted by molar-refractivity contribution is -0.139. The SMILES string of the molecule is CC(C)(CC(=O)O)CC(=O)NC(CO)c1ccccc1. The minimum atomic E-state index is -0.926. The quantitative estimate of drug-likeness (QED) is 0.709. The molecule has 1 aromatic carbocycles. The lowest BCUT2D eigenvalue weighted by Gasteiger charge is -2.24. The highest BCUT2D eigenvalue weighted by atomic mass is 16.4. The predicted octanol–water partition coefficient (Wildman–Crippen LogP) is 1.73. The second kappa shape index (κ2) is 7.05. The Balaban J connectivity index is 2.62. The van der Waals surface area contributed by atoms with Crippen molar-refractivity contribution >= 4 is 11.9 Å². The van der Waals surface area contributed by atoms with Gasteiger partial charge in [-0.15, -0.1) is 0 Å². The molecule has 0 saturated carbocycles. The summed E-state index contributed by atoms with van der Waals surface area (Å²) in [4.78, 5) is 22.7. The zero-order valence-corrected chi connectivity index (χ0v) is 11.8. The lowest BCUT2D eigenvalue weighted by Crippen LogP contribution is -2.34. The van der Waals surface area contributed by atoms with Crippen LogP contribution in [0.15, 0.2) is 30.3 Å². The minimum absolute atomic E-state index is 0.0739. The first kappa shape index (κ1) is 16.2. The molecule has 0 saturated heterocycles. The molecule has 1 amide bonds. The number of nitrogens with one attached hydrogen (secondary N) is 1. The van der Waals surface area contributed by atoms with Crippen molar-refractivity contribution in [1.29, 1.82) is 0 Å². The first-order valence-electron chi connectivity index (χ1n) is 6.51. The maximum absolute atomic E-state index is 12.0. The average Bonchev–Trinajstić information content (AvgIpc) is 2.34. The minimum Gasteiger partial charge on any atom is -0.481 e. The van der Waals surface area contributed by atoms with Crippen LogP contribution in [0, 0.1) is 5.41 Å². The molecule has 0 spiro atoms. The average molecular weight is 279 g/mol. The number of aliphatic hydroxyl groups is 1. The Kier molecular flexibility index (Phi) is 5.70. The first-order chi connectivity index (χ1) is 9.34. The van der Waals surface area contributed by atoms with Crippen molar-refractivity contribution in [2.45, 2.75) is 32.7 Å². The summed E-state index contributed by atoms with van der Waals surface area (Å²) in [6.45, 7) is 3.27. The number of hydrogen-bond acceptors (Lipinski definition) is 3. The van der Waals surface area contributed by atoms with Crippen LogP contribution in [0.1, 0.15) is 38.3 Å². The van der Waals surface area contributed by atoms with E-state index in [1.165, 1.54) is 0 Å². The summed E-state index contributed by atoms with van der Waals surface area (Å²) in [5, 5.41) is 20.9. The molecule has 20 heavy (non-hydrogen) atoms. The Morgan fingerprint density at radius 3 is 2.30 bits per heavy atom. The Bertz CT molecular complexity index is 456. The summed E-state index contributed by atoms with van der Waals surface area (Å²) in [6, 6.07) is 8.70. The molecule has 5 heteroatoms. The zero-order valence-electron chi connectivity index (χ0n) is 11.8. The van der Waals surface area contributed by atoms with Crippen molar-refractivity contribution in [3.8, 4) is 0 Å². The highest BCUT2D eigenvalue weighted by Crippen LogP contribution is 2.25. The molecule has 110 valence electrons. The summed E-state index contributed by atoms with van der Waals surface area (Å²) in [5.74, 6) is -1.19. The van der Waals surface area contributed by atoms with Crippen LogP contribution >= 0.6 is 0 Å². The topological polar surface area (TPSA) is 86.6 Å². The van der Waals surface area contributed by atoms with Gasteiger partial charge in [-0.2, -0.15) is 0 Å². The third-order valence-corrected chi connectivity index (χ3v) is 2.99. The van der Waals surface area contributed by atoms with Crippen LogP contribution in [0.5, 0.6) is 0 Å². The van der Waals surface area contributed by atoms with Crippen molar-refractivity contribution in [2.24, 2.45) is 5.41 Å². The summed E-state index contributed by atoms with van der Waals surface area (Å²) >= 11 is 0. The van der Waals surface area contributed by atoms with Gasteiger partial charge in [0.2, 0.25) is 5.91 Å². The largest absolute Gasteiger partial charge is 0.481 e. The molecule has 0 aromatic heterocycles. The molecule has 3 N–H and O–H groups in total. The molecule has 1 unspecified atom stereocenters. The lowest BCUT2D eigenvalue weighted by atomic mass is 9.85.